The molecule has 29 heavy (non-hydrogen) atoms. The summed E-state index contributed by atoms with van der Waals surface area (Å²) in [5, 5.41) is 0. The van der Waals surface area contributed by atoms with Gasteiger partial charge in [-0.25, -0.2) is 4.79 Å². The molecule has 2 aromatic rings. The molecule has 1 heterocycles. The first-order valence-corrected chi connectivity index (χ1v) is 9.57. The van der Waals surface area contributed by atoms with Gasteiger partial charge < -0.3 is 14.2 Å². The highest BCUT2D eigenvalue weighted by atomic mass is 19.4. The molecule has 1 fully saturated rings. The molecule has 7 heteroatoms. The van der Waals surface area contributed by atoms with E-state index in [0.717, 1.165) is 23.1 Å². The van der Waals surface area contributed by atoms with E-state index in [1.807, 2.05) is 24.3 Å². The molecule has 1 aliphatic rings. The number of ether oxygens (including phenoxy) is 3. The quantitative estimate of drug-likeness (QED) is 0.615. The number of hydrogen-bond donors (Lipinski definition) is 0. The van der Waals surface area contributed by atoms with Gasteiger partial charge in [0.25, 0.3) is 0 Å². The van der Waals surface area contributed by atoms with Crippen molar-refractivity contribution in [1.82, 2.24) is 0 Å². The second kappa shape index (κ2) is 9.41. The van der Waals surface area contributed by atoms with Crippen LogP contribution >= 0.6 is 0 Å². The first-order valence-electron chi connectivity index (χ1n) is 9.57. The zero-order valence-electron chi connectivity index (χ0n) is 16.1. The molecular weight excluding hydrogens is 385 g/mol. The number of carbonyl (C=O) groups excluding carboxylic acids is 1. The van der Waals surface area contributed by atoms with Crippen molar-refractivity contribution in [3.63, 3.8) is 0 Å². The fourth-order valence-electron chi connectivity index (χ4n) is 3.09. The Morgan fingerprint density at radius 1 is 1.00 bits per heavy atom. The van der Waals surface area contributed by atoms with Gasteiger partial charge >= 0.3 is 18.6 Å². The van der Waals surface area contributed by atoms with Crippen molar-refractivity contribution in [2.75, 3.05) is 13.2 Å². The molecular formula is C22H23F3O4. The van der Waals surface area contributed by atoms with Crippen molar-refractivity contribution >= 4 is 5.97 Å². The lowest BCUT2D eigenvalue weighted by Crippen LogP contribution is -2.38. The number of esters is 1. The maximum atomic E-state index is 12.2. The van der Waals surface area contributed by atoms with Gasteiger partial charge in [0.1, 0.15) is 0 Å². The van der Waals surface area contributed by atoms with Crippen LogP contribution in [0.4, 0.5) is 13.2 Å². The zero-order chi connectivity index (χ0) is 20.9. The highest BCUT2D eigenvalue weighted by molar-refractivity contribution is 5.75. The third kappa shape index (κ3) is 5.81. The summed E-state index contributed by atoms with van der Waals surface area (Å²) in [6, 6.07) is 16.4. The minimum Gasteiger partial charge on any atom is -0.404 e. The maximum absolute atomic E-state index is 12.2. The molecule has 2 aromatic carbocycles. The average Bonchev–Trinajstić information content (AvgIpc) is 2.73. The van der Waals surface area contributed by atoms with Gasteiger partial charge in [0.2, 0.25) is 0 Å². The third-order valence-electron chi connectivity index (χ3n) is 4.79. The Bertz CT molecular complexity index is 792. The summed E-state index contributed by atoms with van der Waals surface area (Å²) in [7, 11) is 0. The van der Waals surface area contributed by atoms with Crippen LogP contribution in [0, 0.1) is 0 Å². The minimum absolute atomic E-state index is 0.0985. The first-order chi connectivity index (χ1) is 13.9. The van der Waals surface area contributed by atoms with Crippen molar-refractivity contribution < 1.29 is 32.2 Å². The van der Waals surface area contributed by atoms with Gasteiger partial charge in [0, 0.05) is 5.92 Å². The van der Waals surface area contributed by atoms with Crippen LogP contribution in [-0.4, -0.2) is 31.8 Å². The number of benzene rings is 2. The second-order valence-corrected chi connectivity index (χ2v) is 6.98. The summed E-state index contributed by atoms with van der Waals surface area (Å²) < 4.78 is 51.0. The Morgan fingerprint density at radius 3 is 2.07 bits per heavy atom. The molecule has 1 saturated heterocycles. The normalized spacial score (nSPS) is 19.7. The van der Waals surface area contributed by atoms with E-state index in [1.165, 1.54) is 18.4 Å². The lowest BCUT2D eigenvalue weighted by Gasteiger charge is -2.29. The number of rotatable bonds is 6. The van der Waals surface area contributed by atoms with E-state index in [9.17, 15) is 18.0 Å². The monoisotopic (exact) mass is 408 g/mol. The van der Waals surface area contributed by atoms with Crippen LogP contribution < -0.4 is 0 Å². The predicted octanol–water partition coefficient (Wildman–Crippen LogP) is 5.22. The minimum atomic E-state index is -5.08. The van der Waals surface area contributed by atoms with E-state index >= 15 is 0 Å². The summed E-state index contributed by atoms with van der Waals surface area (Å²) >= 11 is 0. The van der Waals surface area contributed by atoms with Crippen LogP contribution in [0.5, 0.6) is 0 Å². The molecule has 0 bridgehead atoms. The lowest BCUT2D eigenvalue weighted by atomic mass is 9.96. The topological polar surface area (TPSA) is 44.8 Å². The second-order valence-electron chi connectivity index (χ2n) is 6.98. The van der Waals surface area contributed by atoms with Gasteiger partial charge in [0.05, 0.1) is 13.2 Å². The fourth-order valence-corrected chi connectivity index (χ4v) is 3.09. The van der Waals surface area contributed by atoms with Gasteiger partial charge in [-0.3, -0.25) is 0 Å². The Morgan fingerprint density at radius 2 is 1.55 bits per heavy atom. The summed E-state index contributed by atoms with van der Waals surface area (Å²) in [6.07, 6.45) is -1.65. The molecule has 156 valence electrons. The molecule has 0 aromatic heterocycles. The fraction of sp³-hybridized carbons (Fsp3) is 0.409. The molecule has 0 N–H and O–H groups in total. The summed E-state index contributed by atoms with van der Waals surface area (Å²) in [5.41, 5.74) is 4.45. The van der Waals surface area contributed by atoms with E-state index in [2.05, 4.69) is 35.9 Å². The number of aryl methyl sites for hydroxylation is 1. The molecule has 4 nitrogen and oxygen atoms in total. The SMILES string of the molecule is CCCCc1ccc(-c2ccc(C3COC(OC(=O)C(F)(F)F)OC3)cc2)cc1. The highest BCUT2D eigenvalue weighted by Gasteiger charge is 2.43. The van der Waals surface area contributed by atoms with Crippen LogP contribution in [0.25, 0.3) is 11.1 Å². The Labute approximate surface area is 167 Å². The highest BCUT2D eigenvalue weighted by Crippen LogP contribution is 2.27. The van der Waals surface area contributed by atoms with E-state index < -0.39 is 18.6 Å². The third-order valence-corrected chi connectivity index (χ3v) is 4.79. The van der Waals surface area contributed by atoms with Gasteiger partial charge in [-0.1, -0.05) is 61.9 Å². The van der Waals surface area contributed by atoms with E-state index in [-0.39, 0.29) is 19.1 Å². The summed E-state index contributed by atoms with van der Waals surface area (Å²) in [5.74, 6) is -2.48. The zero-order valence-corrected chi connectivity index (χ0v) is 16.1. The van der Waals surface area contributed by atoms with Crippen molar-refractivity contribution in [3.05, 3.63) is 59.7 Å². The summed E-state index contributed by atoms with van der Waals surface area (Å²) in [6.45, 7) is 0.738. The number of alkyl halides is 3. The molecule has 1 aliphatic heterocycles. The molecule has 0 saturated carbocycles. The van der Waals surface area contributed by atoms with E-state index in [0.29, 0.717) is 0 Å². The molecule has 0 radical (unpaired) electrons. The van der Waals surface area contributed by atoms with Gasteiger partial charge in [-0.15, -0.1) is 0 Å². The van der Waals surface area contributed by atoms with Crippen molar-refractivity contribution in [2.24, 2.45) is 0 Å². The van der Waals surface area contributed by atoms with E-state index in [4.69, 9.17) is 9.47 Å². The number of halogens is 3. The largest absolute Gasteiger partial charge is 0.491 e. The molecule has 0 aliphatic carbocycles. The number of carbonyl (C=O) groups is 1. The van der Waals surface area contributed by atoms with Crippen LogP contribution in [0.1, 0.15) is 36.8 Å². The smallest absolute Gasteiger partial charge is 0.404 e. The Hall–Kier alpha value is -2.38. The predicted molar refractivity (Wildman–Crippen MR) is 101 cm³/mol. The molecule has 3 rings (SSSR count). The number of hydrogen-bond acceptors (Lipinski definition) is 4. The van der Waals surface area contributed by atoms with Crippen LogP contribution in [-0.2, 0) is 25.4 Å². The van der Waals surface area contributed by atoms with Crippen molar-refractivity contribution in [1.29, 1.82) is 0 Å². The van der Waals surface area contributed by atoms with Crippen LogP contribution in [0.2, 0.25) is 0 Å². The molecule has 0 amide bonds. The van der Waals surface area contributed by atoms with Crippen molar-refractivity contribution in [2.45, 2.75) is 44.8 Å². The Kier molecular flexibility index (Phi) is 6.92. The lowest BCUT2D eigenvalue weighted by molar-refractivity contribution is -0.314. The molecule has 0 spiro atoms. The van der Waals surface area contributed by atoms with Gasteiger partial charge in [0.15, 0.2) is 0 Å². The maximum Gasteiger partial charge on any atom is 0.491 e. The summed E-state index contributed by atoms with van der Waals surface area (Å²) in [4.78, 5) is 10.8. The number of unbranched alkanes of at least 4 members (excludes halogenated alkanes) is 1. The van der Waals surface area contributed by atoms with Gasteiger partial charge in [-0.05, 0) is 35.1 Å². The van der Waals surface area contributed by atoms with Crippen molar-refractivity contribution in [3.8, 4) is 11.1 Å². The molecule has 0 unspecified atom stereocenters. The molecule has 0 atom stereocenters. The van der Waals surface area contributed by atoms with Gasteiger partial charge in [-0.2, -0.15) is 13.2 Å². The standard InChI is InChI=1S/C22H23F3O4/c1-2-3-4-15-5-7-16(8-6-15)17-9-11-18(12-10-17)19-13-27-21(28-14-19)29-20(26)22(23,24)25/h5-12,19,21H,2-4,13-14H2,1H3. The van der Waals surface area contributed by atoms with E-state index in [1.54, 1.807) is 0 Å². The Balaban J connectivity index is 1.55. The first kappa shape index (κ1) is 21.3. The van der Waals surface area contributed by atoms with Crippen LogP contribution in [0.15, 0.2) is 48.5 Å². The average molecular weight is 408 g/mol. The van der Waals surface area contributed by atoms with Crippen LogP contribution in [0.3, 0.4) is 0 Å².